The largest absolute Gasteiger partial charge is 0.489 e. The van der Waals surface area contributed by atoms with Crippen molar-refractivity contribution in [1.82, 2.24) is 19.7 Å². The van der Waals surface area contributed by atoms with Gasteiger partial charge in [-0.3, -0.25) is 4.98 Å². The molecule has 32 heavy (non-hydrogen) atoms. The summed E-state index contributed by atoms with van der Waals surface area (Å²) in [5.74, 6) is 3.86. The van der Waals surface area contributed by atoms with E-state index in [1.807, 2.05) is 60.1 Å². The summed E-state index contributed by atoms with van der Waals surface area (Å²) in [6, 6.07) is 19.7. The molecule has 2 aromatic heterocycles. The number of hydrogen-bond acceptors (Lipinski definition) is 7. The number of pyridine rings is 1. The van der Waals surface area contributed by atoms with Crippen LogP contribution < -0.4 is 14.2 Å². The highest BCUT2D eigenvalue weighted by Gasteiger charge is 2.27. The molecule has 0 bridgehead atoms. The van der Waals surface area contributed by atoms with Gasteiger partial charge in [0.25, 0.3) is 0 Å². The molecule has 0 saturated heterocycles. The number of rotatable bonds is 7. The number of thioether (sulfide) groups is 1. The minimum absolute atomic E-state index is 0.284. The molecule has 3 heterocycles. The zero-order chi connectivity index (χ0) is 21.8. The van der Waals surface area contributed by atoms with E-state index in [0.29, 0.717) is 13.2 Å². The molecule has 1 aliphatic heterocycles. The molecule has 4 aromatic rings. The summed E-state index contributed by atoms with van der Waals surface area (Å²) >= 11 is 1.63. The predicted molar refractivity (Wildman–Crippen MR) is 121 cm³/mol. The Hall–Kier alpha value is -3.52. The normalized spacial score (nSPS) is 14.8. The summed E-state index contributed by atoms with van der Waals surface area (Å²) in [6.07, 6.45) is 3.25. The van der Waals surface area contributed by atoms with E-state index in [0.717, 1.165) is 39.5 Å². The molecule has 0 spiro atoms. The van der Waals surface area contributed by atoms with Crippen LogP contribution in [0.2, 0.25) is 0 Å². The Morgan fingerprint density at radius 1 is 0.969 bits per heavy atom. The lowest BCUT2D eigenvalue weighted by Gasteiger charge is -2.25. The fourth-order valence-corrected chi connectivity index (χ4v) is 4.23. The Bertz CT molecular complexity index is 1180. The second kappa shape index (κ2) is 9.32. The Labute approximate surface area is 190 Å². The van der Waals surface area contributed by atoms with E-state index in [2.05, 4.69) is 27.3 Å². The molecule has 7 nitrogen and oxygen atoms in total. The number of nitrogens with zero attached hydrogens (tertiary/aromatic N) is 4. The quantitative estimate of drug-likeness (QED) is 0.384. The number of aromatic nitrogens is 4. The molecule has 0 radical (unpaired) electrons. The third-order valence-corrected chi connectivity index (χ3v) is 6.20. The Morgan fingerprint density at radius 3 is 2.56 bits per heavy atom. The van der Waals surface area contributed by atoms with E-state index >= 15 is 0 Å². The van der Waals surface area contributed by atoms with E-state index in [1.165, 1.54) is 5.56 Å². The molecule has 0 fully saturated rings. The number of benzene rings is 2. The van der Waals surface area contributed by atoms with Crippen molar-refractivity contribution < 1.29 is 14.2 Å². The minimum Gasteiger partial charge on any atom is -0.489 e. The first-order chi connectivity index (χ1) is 15.8. The van der Waals surface area contributed by atoms with Gasteiger partial charge in [-0.2, -0.15) is 0 Å². The number of fused-ring (bicyclic) bond motifs is 1. The summed E-state index contributed by atoms with van der Waals surface area (Å²) in [7, 11) is 1.96. The molecule has 162 valence electrons. The molecule has 0 saturated carbocycles. The minimum atomic E-state index is -0.284. The molecule has 1 atom stereocenters. The maximum Gasteiger partial charge on any atom is 0.192 e. The van der Waals surface area contributed by atoms with Gasteiger partial charge in [0.2, 0.25) is 0 Å². The Kier molecular flexibility index (Phi) is 5.93. The Morgan fingerprint density at radius 2 is 1.75 bits per heavy atom. The zero-order valence-corrected chi connectivity index (χ0v) is 18.4. The highest BCUT2D eigenvalue weighted by Crippen LogP contribution is 2.36. The molecule has 8 heteroatoms. The van der Waals surface area contributed by atoms with Gasteiger partial charge in [0.05, 0.1) is 0 Å². The van der Waals surface area contributed by atoms with Gasteiger partial charge in [0.1, 0.15) is 19.0 Å². The first kappa shape index (κ1) is 20.4. The zero-order valence-electron chi connectivity index (χ0n) is 17.5. The molecule has 0 unspecified atom stereocenters. The molecule has 2 aromatic carbocycles. The summed E-state index contributed by atoms with van der Waals surface area (Å²) in [5, 5.41) is 9.54. The van der Waals surface area contributed by atoms with Gasteiger partial charge in [0.15, 0.2) is 28.6 Å². The summed E-state index contributed by atoms with van der Waals surface area (Å²) in [4.78, 5) is 4.02. The molecule has 0 aliphatic carbocycles. The van der Waals surface area contributed by atoms with Crippen molar-refractivity contribution in [3.05, 3.63) is 90.0 Å². The molecular formula is C24H22N4O3S. The van der Waals surface area contributed by atoms with Crippen LogP contribution in [0.5, 0.6) is 17.2 Å². The van der Waals surface area contributed by atoms with E-state index in [1.54, 1.807) is 24.2 Å². The van der Waals surface area contributed by atoms with Crippen LogP contribution in [0, 0.1) is 0 Å². The lowest BCUT2D eigenvalue weighted by molar-refractivity contribution is 0.0825. The van der Waals surface area contributed by atoms with Crippen molar-refractivity contribution in [3.8, 4) is 17.2 Å². The first-order valence-corrected chi connectivity index (χ1v) is 11.3. The monoisotopic (exact) mass is 446 g/mol. The van der Waals surface area contributed by atoms with Crippen LogP contribution in [0.1, 0.15) is 23.1 Å². The molecular weight excluding hydrogens is 424 g/mol. The molecule has 1 aliphatic rings. The van der Waals surface area contributed by atoms with Crippen LogP contribution in [-0.4, -0.2) is 26.4 Å². The SMILES string of the molecule is Cn1c(SCc2ccc(OCc3ccncc3)cc2)nnc1[C@@H]1COc2ccccc2O1. The van der Waals surface area contributed by atoms with Gasteiger partial charge in [-0.05, 0) is 47.5 Å². The third kappa shape index (κ3) is 4.55. The van der Waals surface area contributed by atoms with Crippen LogP contribution in [0.15, 0.2) is 78.2 Å². The number of para-hydroxylation sites is 2. The van der Waals surface area contributed by atoms with Gasteiger partial charge in [-0.15, -0.1) is 10.2 Å². The highest BCUT2D eigenvalue weighted by atomic mass is 32.2. The average Bonchev–Trinajstić information content (AvgIpc) is 3.22. The van der Waals surface area contributed by atoms with E-state index in [4.69, 9.17) is 14.2 Å². The first-order valence-electron chi connectivity index (χ1n) is 10.3. The number of ether oxygens (including phenoxy) is 3. The van der Waals surface area contributed by atoms with Crippen LogP contribution >= 0.6 is 11.8 Å². The fourth-order valence-electron chi connectivity index (χ4n) is 3.35. The molecule has 0 N–H and O–H groups in total. The summed E-state index contributed by atoms with van der Waals surface area (Å²) in [5.41, 5.74) is 2.27. The molecule has 0 amide bonds. The predicted octanol–water partition coefficient (Wildman–Crippen LogP) is 4.59. The van der Waals surface area contributed by atoms with E-state index in [-0.39, 0.29) is 6.10 Å². The van der Waals surface area contributed by atoms with Gasteiger partial charge < -0.3 is 18.8 Å². The summed E-state index contributed by atoms with van der Waals surface area (Å²) < 4.78 is 19.7. The fraction of sp³-hybridized carbons (Fsp3) is 0.208. The van der Waals surface area contributed by atoms with Gasteiger partial charge >= 0.3 is 0 Å². The van der Waals surface area contributed by atoms with E-state index in [9.17, 15) is 0 Å². The van der Waals surface area contributed by atoms with Crippen LogP contribution in [-0.2, 0) is 19.4 Å². The van der Waals surface area contributed by atoms with Gasteiger partial charge in [0, 0.05) is 25.2 Å². The van der Waals surface area contributed by atoms with Crippen molar-refractivity contribution in [3.63, 3.8) is 0 Å². The number of hydrogen-bond donors (Lipinski definition) is 0. The van der Waals surface area contributed by atoms with E-state index < -0.39 is 0 Å². The third-order valence-electron chi connectivity index (χ3n) is 5.11. The van der Waals surface area contributed by atoms with Crippen LogP contribution in [0.3, 0.4) is 0 Å². The van der Waals surface area contributed by atoms with Crippen molar-refractivity contribution in [2.24, 2.45) is 7.05 Å². The van der Waals surface area contributed by atoms with Crippen LogP contribution in [0.25, 0.3) is 0 Å². The average molecular weight is 447 g/mol. The molecule has 5 rings (SSSR count). The lowest BCUT2D eigenvalue weighted by atomic mass is 10.2. The van der Waals surface area contributed by atoms with Crippen molar-refractivity contribution in [1.29, 1.82) is 0 Å². The lowest BCUT2D eigenvalue weighted by Crippen LogP contribution is -2.24. The maximum absolute atomic E-state index is 6.07. The summed E-state index contributed by atoms with van der Waals surface area (Å²) in [6.45, 7) is 0.935. The van der Waals surface area contributed by atoms with Crippen molar-refractivity contribution in [2.45, 2.75) is 23.6 Å². The Balaban J connectivity index is 1.17. The van der Waals surface area contributed by atoms with Crippen molar-refractivity contribution in [2.75, 3.05) is 6.61 Å². The topological polar surface area (TPSA) is 71.3 Å². The smallest absolute Gasteiger partial charge is 0.192 e. The highest BCUT2D eigenvalue weighted by molar-refractivity contribution is 7.98. The second-order valence-corrected chi connectivity index (χ2v) is 8.28. The van der Waals surface area contributed by atoms with Crippen LogP contribution in [0.4, 0.5) is 0 Å². The standard InChI is InChI=1S/C24H22N4O3S/c1-28-23(22-15-30-20-4-2-3-5-21(20)31-22)26-27-24(28)32-16-18-6-8-19(9-7-18)29-14-17-10-12-25-13-11-17/h2-13,22H,14-16H2,1H3/t22-/m0/s1. The van der Waals surface area contributed by atoms with Gasteiger partial charge in [-0.1, -0.05) is 36.0 Å². The van der Waals surface area contributed by atoms with Gasteiger partial charge in [-0.25, -0.2) is 0 Å². The van der Waals surface area contributed by atoms with Crippen molar-refractivity contribution >= 4 is 11.8 Å². The maximum atomic E-state index is 6.07. The second-order valence-electron chi connectivity index (χ2n) is 7.34.